The van der Waals surface area contributed by atoms with Gasteiger partial charge in [0.1, 0.15) is 5.56 Å². The first kappa shape index (κ1) is 20.1. The molecule has 1 aromatic heterocycles. The predicted molar refractivity (Wildman–Crippen MR) is 120 cm³/mol. The fourth-order valence-corrected chi connectivity index (χ4v) is 4.50. The van der Waals surface area contributed by atoms with Gasteiger partial charge in [0, 0.05) is 24.0 Å². The molecule has 3 heterocycles. The van der Waals surface area contributed by atoms with Crippen LogP contribution in [0.15, 0.2) is 42.6 Å². The number of rotatable bonds is 3. The van der Waals surface area contributed by atoms with Crippen LogP contribution in [0.5, 0.6) is 5.88 Å². The Balaban J connectivity index is 1.40. The van der Waals surface area contributed by atoms with E-state index in [0.717, 1.165) is 12.2 Å². The number of amides is 1. The van der Waals surface area contributed by atoms with Gasteiger partial charge < -0.3 is 15.4 Å². The summed E-state index contributed by atoms with van der Waals surface area (Å²) in [5.41, 5.74) is 3.97. The molecular formula is C22H19Cl2N5O2. The standard InChI is InChI=1S/C22H19Cl2N5O2/c1-22(2)15-7-6-13(8-12(15)9-26-22)27-21-25-10-14-19(28-21)31-11-29(20(14)30)18-16(23)4-3-5-17(18)24/h3-8,10,26H,9,11H2,1-2H3,(H,25,27,28). The van der Waals surface area contributed by atoms with Crippen molar-refractivity contribution in [1.82, 2.24) is 15.3 Å². The number of para-hydroxylation sites is 1. The average Bonchev–Trinajstić information content (AvgIpc) is 3.03. The lowest BCUT2D eigenvalue weighted by atomic mass is 9.94. The number of hydrogen-bond acceptors (Lipinski definition) is 6. The molecule has 0 saturated heterocycles. The van der Waals surface area contributed by atoms with Crippen molar-refractivity contribution in [3.63, 3.8) is 0 Å². The molecule has 5 rings (SSSR count). The maximum atomic E-state index is 13.0. The quantitative estimate of drug-likeness (QED) is 0.586. The molecule has 9 heteroatoms. The van der Waals surface area contributed by atoms with Gasteiger partial charge in [0.05, 0.1) is 15.7 Å². The number of hydrogen-bond donors (Lipinski definition) is 2. The Morgan fingerprint density at radius 3 is 2.74 bits per heavy atom. The van der Waals surface area contributed by atoms with E-state index in [0.29, 0.717) is 21.7 Å². The largest absolute Gasteiger partial charge is 0.455 e. The summed E-state index contributed by atoms with van der Waals surface area (Å²) in [6.45, 7) is 5.07. The molecule has 0 aliphatic carbocycles. The molecule has 2 N–H and O–H groups in total. The van der Waals surface area contributed by atoms with E-state index in [1.165, 1.54) is 22.2 Å². The molecule has 0 unspecified atom stereocenters. The topological polar surface area (TPSA) is 79.4 Å². The predicted octanol–water partition coefficient (Wildman–Crippen LogP) is 4.86. The maximum absolute atomic E-state index is 13.0. The zero-order chi connectivity index (χ0) is 21.8. The number of benzene rings is 2. The van der Waals surface area contributed by atoms with Gasteiger partial charge in [-0.3, -0.25) is 9.69 Å². The molecule has 31 heavy (non-hydrogen) atoms. The molecule has 0 spiro atoms. The first-order valence-electron chi connectivity index (χ1n) is 9.75. The summed E-state index contributed by atoms with van der Waals surface area (Å²) in [6.07, 6.45) is 1.45. The number of fused-ring (bicyclic) bond motifs is 2. The highest BCUT2D eigenvalue weighted by Crippen LogP contribution is 2.37. The molecule has 0 atom stereocenters. The summed E-state index contributed by atoms with van der Waals surface area (Å²) >= 11 is 12.5. The van der Waals surface area contributed by atoms with E-state index in [4.69, 9.17) is 27.9 Å². The fraction of sp³-hybridized carbons (Fsp3) is 0.227. The van der Waals surface area contributed by atoms with E-state index in [9.17, 15) is 4.79 Å². The maximum Gasteiger partial charge on any atom is 0.268 e. The summed E-state index contributed by atoms with van der Waals surface area (Å²) in [5, 5.41) is 7.40. The second-order valence-electron chi connectivity index (χ2n) is 7.96. The van der Waals surface area contributed by atoms with Crippen molar-refractivity contribution in [2.24, 2.45) is 0 Å². The van der Waals surface area contributed by atoms with Crippen LogP contribution in [-0.2, 0) is 12.1 Å². The highest BCUT2D eigenvalue weighted by molar-refractivity contribution is 6.40. The van der Waals surface area contributed by atoms with Crippen molar-refractivity contribution in [1.29, 1.82) is 0 Å². The number of ether oxygens (including phenoxy) is 1. The lowest BCUT2D eigenvalue weighted by Crippen LogP contribution is -2.39. The van der Waals surface area contributed by atoms with Crippen LogP contribution in [0.4, 0.5) is 17.3 Å². The Morgan fingerprint density at radius 1 is 1.19 bits per heavy atom. The lowest BCUT2D eigenvalue weighted by molar-refractivity contribution is 0.0932. The average molecular weight is 456 g/mol. The molecule has 0 fully saturated rings. The van der Waals surface area contributed by atoms with Gasteiger partial charge >= 0.3 is 0 Å². The van der Waals surface area contributed by atoms with E-state index < -0.39 is 0 Å². The molecule has 158 valence electrons. The third-order valence-corrected chi connectivity index (χ3v) is 6.13. The lowest BCUT2D eigenvalue weighted by Gasteiger charge is -2.29. The van der Waals surface area contributed by atoms with Crippen LogP contribution in [0.3, 0.4) is 0 Å². The Labute approximate surface area is 189 Å². The van der Waals surface area contributed by atoms with Gasteiger partial charge in [-0.2, -0.15) is 4.98 Å². The number of nitrogens with zero attached hydrogens (tertiary/aromatic N) is 3. The minimum absolute atomic E-state index is 0.0409. The second kappa shape index (κ2) is 7.37. The Bertz CT molecular complexity index is 1190. The van der Waals surface area contributed by atoms with Gasteiger partial charge in [0.25, 0.3) is 5.91 Å². The van der Waals surface area contributed by atoms with Crippen molar-refractivity contribution in [3.05, 3.63) is 69.3 Å². The highest BCUT2D eigenvalue weighted by Gasteiger charge is 2.32. The van der Waals surface area contributed by atoms with Crippen LogP contribution in [0.25, 0.3) is 0 Å². The van der Waals surface area contributed by atoms with Gasteiger partial charge in [-0.1, -0.05) is 35.3 Å². The monoisotopic (exact) mass is 455 g/mol. The molecule has 0 bridgehead atoms. The SMILES string of the molecule is CC1(C)NCc2cc(Nc3ncc4c(n3)OCN(c3c(Cl)cccc3Cl)C4=O)ccc21. The van der Waals surface area contributed by atoms with Gasteiger partial charge in [0.2, 0.25) is 11.8 Å². The third-order valence-electron chi connectivity index (χ3n) is 5.52. The Morgan fingerprint density at radius 2 is 1.97 bits per heavy atom. The first-order valence-corrected chi connectivity index (χ1v) is 10.5. The summed E-state index contributed by atoms with van der Waals surface area (Å²) in [4.78, 5) is 23.1. The minimum Gasteiger partial charge on any atom is -0.455 e. The van der Waals surface area contributed by atoms with Crippen LogP contribution in [0, 0.1) is 0 Å². The number of halogens is 2. The molecule has 1 amide bonds. The van der Waals surface area contributed by atoms with E-state index in [-0.39, 0.29) is 29.6 Å². The Kier molecular flexibility index (Phi) is 4.77. The van der Waals surface area contributed by atoms with E-state index in [1.807, 2.05) is 6.07 Å². The second-order valence-corrected chi connectivity index (χ2v) is 8.78. The van der Waals surface area contributed by atoms with Crippen LogP contribution in [-0.4, -0.2) is 22.6 Å². The van der Waals surface area contributed by atoms with Crippen LogP contribution in [0.2, 0.25) is 10.0 Å². The zero-order valence-electron chi connectivity index (χ0n) is 16.9. The van der Waals surface area contributed by atoms with E-state index in [2.05, 4.69) is 46.6 Å². The number of carbonyl (C=O) groups is 1. The number of nitrogens with one attached hydrogen (secondary N) is 2. The molecule has 2 aliphatic rings. The molecule has 2 aromatic carbocycles. The summed E-state index contributed by atoms with van der Waals surface area (Å²) in [7, 11) is 0. The molecule has 0 saturated carbocycles. The summed E-state index contributed by atoms with van der Waals surface area (Å²) in [6, 6.07) is 11.2. The number of anilines is 3. The summed E-state index contributed by atoms with van der Waals surface area (Å²) < 4.78 is 5.74. The van der Waals surface area contributed by atoms with Crippen molar-refractivity contribution < 1.29 is 9.53 Å². The van der Waals surface area contributed by atoms with Gasteiger partial charge in [0.15, 0.2) is 6.73 Å². The summed E-state index contributed by atoms with van der Waals surface area (Å²) in [5.74, 6) is 0.237. The smallest absolute Gasteiger partial charge is 0.268 e. The van der Waals surface area contributed by atoms with Crippen LogP contribution >= 0.6 is 23.2 Å². The molecule has 0 radical (unpaired) electrons. The third kappa shape index (κ3) is 3.48. The first-order chi connectivity index (χ1) is 14.8. The van der Waals surface area contributed by atoms with Crippen LogP contribution in [0.1, 0.15) is 35.3 Å². The zero-order valence-corrected chi connectivity index (χ0v) is 18.4. The van der Waals surface area contributed by atoms with Gasteiger partial charge in [-0.15, -0.1) is 0 Å². The van der Waals surface area contributed by atoms with Crippen LogP contribution < -0.4 is 20.3 Å². The molecule has 2 aliphatic heterocycles. The molecule has 7 nitrogen and oxygen atoms in total. The van der Waals surface area contributed by atoms with Crippen molar-refractivity contribution in [2.45, 2.75) is 25.9 Å². The highest BCUT2D eigenvalue weighted by atomic mass is 35.5. The molecule has 3 aromatic rings. The minimum atomic E-state index is -0.325. The van der Waals surface area contributed by atoms with E-state index >= 15 is 0 Å². The van der Waals surface area contributed by atoms with Crippen molar-refractivity contribution >= 4 is 46.4 Å². The van der Waals surface area contributed by atoms with Crippen molar-refractivity contribution in [3.8, 4) is 5.88 Å². The number of aromatic nitrogens is 2. The van der Waals surface area contributed by atoms with Crippen molar-refractivity contribution in [2.75, 3.05) is 16.9 Å². The normalized spacial score (nSPS) is 16.5. The Hall–Kier alpha value is -2.87. The number of carbonyl (C=O) groups excluding carboxylic acids is 1. The molecular weight excluding hydrogens is 437 g/mol. The fourth-order valence-electron chi connectivity index (χ4n) is 3.89. The van der Waals surface area contributed by atoms with Gasteiger partial charge in [-0.05, 0) is 49.2 Å². The van der Waals surface area contributed by atoms with E-state index in [1.54, 1.807) is 18.2 Å². The van der Waals surface area contributed by atoms with Gasteiger partial charge in [-0.25, -0.2) is 4.98 Å².